The molecule has 28 heavy (non-hydrogen) atoms. The van der Waals surface area contributed by atoms with Gasteiger partial charge in [-0.1, -0.05) is 60.7 Å². The first-order valence-corrected chi connectivity index (χ1v) is 10.6. The molecule has 0 bridgehead atoms. The lowest BCUT2D eigenvalue weighted by molar-refractivity contribution is -0.136. The zero-order valence-electron chi connectivity index (χ0n) is 16.8. The average molecular weight is 378 g/mol. The van der Waals surface area contributed by atoms with E-state index in [4.69, 9.17) is 0 Å². The molecule has 2 saturated heterocycles. The second-order valence-corrected chi connectivity index (χ2v) is 8.00. The SMILES string of the molecule is CC(C(=O)N1CCCC1)N1CCN(C(c2ccccc2)c2ccccc2)CC1. The molecule has 0 spiro atoms. The van der Waals surface area contributed by atoms with E-state index in [2.05, 4.69) is 77.4 Å². The molecule has 2 heterocycles. The van der Waals surface area contributed by atoms with Gasteiger partial charge < -0.3 is 4.90 Å². The minimum atomic E-state index is -0.00727. The van der Waals surface area contributed by atoms with E-state index in [1.165, 1.54) is 11.1 Å². The molecule has 2 aromatic carbocycles. The van der Waals surface area contributed by atoms with E-state index >= 15 is 0 Å². The number of carbonyl (C=O) groups is 1. The minimum Gasteiger partial charge on any atom is -0.341 e. The van der Waals surface area contributed by atoms with Crippen LogP contribution in [-0.4, -0.2) is 65.9 Å². The van der Waals surface area contributed by atoms with Gasteiger partial charge in [0.25, 0.3) is 0 Å². The molecule has 1 atom stereocenters. The van der Waals surface area contributed by atoms with Gasteiger partial charge in [-0.2, -0.15) is 0 Å². The van der Waals surface area contributed by atoms with Gasteiger partial charge in [0.15, 0.2) is 0 Å². The number of hydrogen-bond donors (Lipinski definition) is 0. The summed E-state index contributed by atoms with van der Waals surface area (Å²) in [6.07, 6.45) is 2.31. The van der Waals surface area contributed by atoms with Crippen molar-refractivity contribution < 1.29 is 4.79 Å². The summed E-state index contributed by atoms with van der Waals surface area (Å²) in [6, 6.07) is 21.8. The topological polar surface area (TPSA) is 26.8 Å². The van der Waals surface area contributed by atoms with E-state index in [0.29, 0.717) is 5.91 Å². The lowest BCUT2D eigenvalue weighted by Gasteiger charge is -2.42. The standard InChI is InChI=1S/C24H31N3O/c1-20(24(28)27-14-8-9-15-27)25-16-18-26(19-17-25)23(21-10-4-2-5-11-21)22-12-6-3-7-13-22/h2-7,10-13,20,23H,8-9,14-19H2,1H3. The quantitative estimate of drug-likeness (QED) is 0.799. The predicted octanol–water partition coefficient (Wildman–Crippen LogP) is 3.40. The Bertz CT molecular complexity index is 710. The summed E-state index contributed by atoms with van der Waals surface area (Å²) in [6.45, 7) is 7.80. The molecule has 0 radical (unpaired) electrons. The van der Waals surface area contributed by atoms with Crippen molar-refractivity contribution in [3.8, 4) is 0 Å². The number of benzene rings is 2. The Labute approximate surface area is 168 Å². The number of piperazine rings is 1. The van der Waals surface area contributed by atoms with Crippen molar-refractivity contribution in [1.82, 2.24) is 14.7 Å². The van der Waals surface area contributed by atoms with Crippen molar-refractivity contribution in [3.05, 3.63) is 71.8 Å². The first-order valence-electron chi connectivity index (χ1n) is 10.6. The number of hydrogen-bond acceptors (Lipinski definition) is 3. The molecule has 0 aromatic heterocycles. The number of likely N-dealkylation sites (tertiary alicyclic amines) is 1. The molecular formula is C24H31N3O. The molecule has 1 unspecified atom stereocenters. The largest absolute Gasteiger partial charge is 0.341 e. The molecule has 4 nitrogen and oxygen atoms in total. The third-order valence-electron chi connectivity index (χ3n) is 6.27. The highest BCUT2D eigenvalue weighted by molar-refractivity contribution is 5.81. The molecule has 148 valence electrons. The highest BCUT2D eigenvalue weighted by Crippen LogP contribution is 2.29. The van der Waals surface area contributed by atoms with Gasteiger partial charge in [0.1, 0.15) is 0 Å². The zero-order chi connectivity index (χ0) is 19.3. The van der Waals surface area contributed by atoms with Gasteiger partial charge in [-0.3, -0.25) is 14.6 Å². The lowest BCUT2D eigenvalue weighted by atomic mass is 9.96. The second kappa shape index (κ2) is 8.89. The second-order valence-electron chi connectivity index (χ2n) is 8.00. The van der Waals surface area contributed by atoms with Gasteiger partial charge in [-0.05, 0) is 30.9 Å². The summed E-state index contributed by atoms with van der Waals surface area (Å²) in [5.74, 6) is 0.314. The predicted molar refractivity (Wildman–Crippen MR) is 113 cm³/mol. The van der Waals surface area contributed by atoms with Crippen LogP contribution < -0.4 is 0 Å². The maximum absolute atomic E-state index is 12.8. The fourth-order valence-electron chi connectivity index (χ4n) is 4.63. The van der Waals surface area contributed by atoms with Crippen LogP contribution in [0.25, 0.3) is 0 Å². The van der Waals surface area contributed by atoms with Crippen molar-refractivity contribution in [1.29, 1.82) is 0 Å². The van der Waals surface area contributed by atoms with Crippen LogP contribution in [0, 0.1) is 0 Å². The summed E-state index contributed by atoms with van der Waals surface area (Å²) in [4.78, 5) is 19.8. The normalized spacial score (nSPS) is 19.9. The van der Waals surface area contributed by atoms with Gasteiger partial charge >= 0.3 is 0 Å². The molecule has 0 N–H and O–H groups in total. The molecule has 0 aliphatic carbocycles. The summed E-state index contributed by atoms with van der Waals surface area (Å²) in [7, 11) is 0. The first kappa shape index (κ1) is 19.2. The Morgan fingerprint density at radius 2 is 1.18 bits per heavy atom. The van der Waals surface area contributed by atoms with Crippen LogP contribution in [0.4, 0.5) is 0 Å². The zero-order valence-corrected chi connectivity index (χ0v) is 16.8. The van der Waals surface area contributed by atoms with Crippen LogP contribution >= 0.6 is 0 Å². The number of amides is 1. The third kappa shape index (κ3) is 4.13. The summed E-state index contributed by atoms with van der Waals surface area (Å²) >= 11 is 0. The minimum absolute atomic E-state index is 0.00727. The van der Waals surface area contributed by atoms with Gasteiger partial charge in [-0.25, -0.2) is 0 Å². The summed E-state index contributed by atoms with van der Waals surface area (Å²) in [5.41, 5.74) is 2.67. The van der Waals surface area contributed by atoms with E-state index in [1.54, 1.807) is 0 Å². The first-order chi connectivity index (χ1) is 13.7. The number of carbonyl (C=O) groups excluding carboxylic acids is 1. The Morgan fingerprint density at radius 3 is 1.68 bits per heavy atom. The van der Waals surface area contributed by atoms with Crippen LogP contribution in [-0.2, 0) is 4.79 Å². The highest BCUT2D eigenvalue weighted by atomic mass is 16.2. The van der Waals surface area contributed by atoms with Crippen molar-refractivity contribution in [3.63, 3.8) is 0 Å². The van der Waals surface area contributed by atoms with Crippen molar-refractivity contribution in [2.24, 2.45) is 0 Å². The summed E-state index contributed by atoms with van der Waals surface area (Å²) in [5, 5.41) is 0. The van der Waals surface area contributed by atoms with Crippen molar-refractivity contribution in [2.75, 3.05) is 39.3 Å². The fraction of sp³-hybridized carbons (Fsp3) is 0.458. The number of rotatable bonds is 5. The maximum atomic E-state index is 12.8. The monoisotopic (exact) mass is 377 g/mol. The molecule has 2 aliphatic rings. The van der Waals surface area contributed by atoms with Crippen LogP contribution in [0.2, 0.25) is 0 Å². The molecule has 4 rings (SSSR count). The molecule has 4 heteroatoms. The van der Waals surface area contributed by atoms with E-state index in [1.807, 2.05) is 4.90 Å². The Kier molecular flexibility index (Phi) is 6.08. The van der Waals surface area contributed by atoms with Gasteiger partial charge in [-0.15, -0.1) is 0 Å². The smallest absolute Gasteiger partial charge is 0.239 e. The van der Waals surface area contributed by atoms with Gasteiger partial charge in [0.2, 0.25) is 5.91 Å². The van der Waals surface area contributed by atoms with Crippen LogP contribution in [0.15, 0.2) is 60.7 Å². The van der Waals surface area contributed by atoms with E-state index in [-0.39, 0.29) is 12.1 Å². The molecule has 0 saturated carbocycles. The van der Waals surface area contributed by atoms with Crippen molar-refractivity contribution >= 4 is 5.91 Å². The van der Waals surface area contributed by atoms with Crippen LogP contribution in [0.3, 0.4) is 0 Å². The highest BCUT2D eigenvalue weighted by Gasteiger charge is 2.32. The Hall–Kier alpha value is -2.17. The summed E-state index contributed by atoms with van der Waals surface area (Å²) < 4.78 is 0. The van der Waals surface area contributed by atoms with Crippen LogP contribution in [0.1, 0.15) is 36.9 Å². The maximum Gasteiger partial charge on any atom is 0.239 e. The molecule has 1 amide bonds. The van der Waals surface area contributed by atoms with Crippen molar-refractivity contribution in [2.45, 2.75) is 31.8 Å². The lowest BCUT2D eigenvalue weighted by Crippen LogP contribution is -2.54. The average Bonchev–Trinajstić information content (AvgIpc) is 3.30. The molecular weight excluding hydrogens is 346 g/mol. The van der Waals surface area contributed by atoms with Gasteiger partial charge in [0.05, 0.1) is 12.1 Å². The Balaban J connectivity index is 1.45. The van der Waals surface area contributed by atoms with E-state index in [0.717, 1.165) is 52.1 Å². The number of nitrogens with zero attached hydrogens (tertiary/aromatic N) is 3. The molecule has 2 fully saturated rings. The van der Waals surface area contributed by atoms with E-state index in [9.17, 15) is 4.79 Å². The fourth-order valence-corrected chi connectivity index (χ4v) is 4.63. The van der Waals surface area contributed by atoms with Crippen LogP contribution in [0.5, 0.6) is 0 Å². The Morgan fingerprint density at radius 1 is 0.714 bits per heavy atom. The van der Waals surface area contributed by atoms with E-state index < -0.39 is 0 Å². The van der Waals surface area contributed by atoms with Gasteiger partial charge in [0, 0.05) is 39.3 Å². The molecule has 2 aromatic rings. The molecule has 2 aliphatic heterocycles. The third-order valence-corrected chi connectivity index (χ3v) is 6.27.